The molecular formula is C9H8N2O. The van der Waals surface area contributed by atoms with Gasteiger partial charge in [-0.1, -0.05) is 12.1 Å². The maximum atomic E-state index is 8.85. The minimum Gasteiger partial charge on any atom is -0.392 e. The van der Waals surface area contributed by atoms with Gasteiger partial charge in [0.05, 0.1) is 12.1 Å². The first-order valence-electron chi connectivity index (χ1n) is 3.69. The predicted octanol–water partition coefficient (Wildman–Crippen LogP) is 1.12. The lowest BCUT2D eigenvalue weighted by Gasteiger charge is -1.97. The van der Waals surface area contributed by atoms with Gasteiger partial charge in [0.1, 0.15) is 6.33 Å². The summed E-state index contributed by atoms with van der Waals surface area (Å²) in [6.07, 6.45) is 3.26. The van der Waals surface area contributed by atoms with Gasteiger partial charge in [0, 0.05) is 11.6 Å². The van der Waals surface area contributed by atoms with Crippen molar-refractivity contribution in [3.05, 3.63) is 36.3 Å². The molecule has 1 N–H and O–H groups in total. The zero-order chi connectivity index (χ0) is 8.39. The summed E-state index contributed by atoms with van der Waals surface area (Å²) in [5, 5.41) is 9.85. The summed E-state index contributed by atoms with van der Waals surface area (Å²) in [6.45, 7) is 0.0555. The third kappa shape index (κ3) is 1.14. The number of aliphatic hydroxyl groups is 1. The van der Waals surface area contributed by atoms with Crippen molar-refractivity contribution in [2.75, 3.05) is 0 Å². The first-order valence-corrected chi connectivity index (χ1v) is 3.69. The van der Waals surface area contributed by atoms with Crippen LogP contribution in [0.4, 0.5) is 0 Å². The quantitative estimate of drug-likeness (QED) is 0.680. The van der Waals surface area contributed by atoms with Gasteiger partial charge in [-0.2, -0.15) is 0 Å². The van der Waals surface area contributed by atoms with Gasteiger partial charge in [-0.3, -0.25) is 0 Å². The monoisotopic (exact) mass is 160 g/mol. The third-order valence-electron chi connectivity index (χ3n) is 1.75. The van der Waals surface area contributed by atoms with Crippen LogP contribution in [0.1, 0.15) is 5.56 Å². The first-order chi connectivity index (χ1) is 5.90. The van der Waals surface area contributed by atoms with Crippen LogP contribution in [0.3, 0.4) is 0 Å². The van der Waals surface area contributed by atoms with Crippen LogP contribution in [0.15, 0.2) is 30.7 Å². The molecule has 0 saturated carbocycles. The molecule has 60 valence electrons. The Hall–Kier alpha value is -1.48. The van der Waals surface area contributed by atoms with Crippen molar-refractivity contribution < 1.29 is 5.11 Å². The molecule has 3 nitrogen and oxygen atoms in total. The number of aromatic nitrogens is 2. The van der Waals surface area contributed by atoms with Crippen molar-refractivity contribution in [1.82, 2.24) is 9.97 Å². The van der Waals surface area contributed by atoms with E-state index in [9.17, 15) is 0 Å². The van der Waals surface area contributed by atoms with E-state index in [1.54, 1.807) is 6.20 Å². The maximum Gasteiger partial charge on any atom is 0.116 e. The van der Waals surface area contributed by atoms with Crippen molar-refractivity contribution in [2.45, 2.75) is 6.61 Å². The fourth-order valence-corrected chi connectivity index (χ4v) is 1.12. The van der Waals surface area contributed by atoms with Crippen molar-refractivity contribution in [1.29, 1.82) is 0 Å². The van der Waals surface area contributed by atoms with Gasteiger partial charge in [0.25, 0.3) is 0 Å². The van der Waals surface area contributed by atoms with Gasteiger partial charge in [0.2, 0.25) is 0 Å². The normalized spacial score (nSPS) is 10.4. The summed E-state index contributed by atoms with van der Waals surface area (Å²) in [4.78, 5) is 7.96. The molecule has 2 aromatic rings. The van der Waals surface area contributed by atoms with Gasteiger partial charge >= 0.3 is 0 Å². The minimum absolute atomic E-state index is 0.0555. The average molecular weight is 160 g/mol. The van der Waals surface area contributed by atoms with Gasteiger partial charge in [-0.25, -0.2) is 9.97 Å². The van der Waals surface area contributed by atoms with E-state index >= 15 is 0 Å². The highest BCUT2D eigenvalue weighted by molar-refractivity contribution is 5.77. The Morgan fingerprint density at radius 1 is 1.33 bits per heavy atom. The highest BCUT2D eigenvalue weighted by Gasteiger charge is 1.94. The van der Waals surface area contributed by atoms with Crippen LogP contribution < -0.4 is 0 Å². The average Bonchev–Trinajstić information content (AvgIpc) is 2.17. The molecule has 0 bridgehead atoms. The summed E-state index contributed by atoms with van der Waals surface area (Å²) < 4.78 is 0. The van der Waals surface area contributed by atoms with Crippen molar-refractivity contribution in [2.24, 2.45) is 0 Å². The summed E-state index contributed by atoms with van der Waals surface area (Å²) in [5.74, 6) is 0. The van der Waals surface area contributed by atoms with E-state index in [0.717, 1.165) is 16.5 Å². The lowest BCUT2D eigenvalue weighted by atomic mass is 10.2. The van der Waals surface area contributed by atoms with E-state index < -0.39 is 0 Å². The fraction of sp³-hybridized carbons (Fsp3) is 0.111. The molecule has 0 unspecified atom stereocenters. The molecule has 0 aliphatic rings. The molecule has 0 amide bonds. The molecule has 1 heterocycles. The van der Waals surface area contributed by atoms with Gasteiger partial charge < -0.3 is 5.11 Å². The van der Waals surface area contributed by atoms with E-state index in [1.165, 1.54) is 6.33 Å². The van der Waals surface area contributed by atoms with Crippen LogP contribution in [-0.4, -0.2) is 15.1 Å². The number of aliphatic hydroxyl groups excluding tert-OH is 1. The Balaban J connectivity index is 2.67. The van der Waals surface area contributed by atoms with Gasteiger partial charge in [-0.05, 0) is 11.6 Å². The van der Waals surface area contributed by atoms with Crippen LogP contribution >= 0.6 is 0 Å². The second kappa shape index (κ2) is 2.87. The molecule has 0 radical (unpaired) electrons. The van der Waals surface area contributed by atoms with Crippen LogP contribution in [0, 0.1) is 0 Å². The number of hydrogen-bond acceptors (Lipinski definition) is 3. The molecule has 12 heavy (non-hydrogen) atoms. The van der Waals surface area contributed by atoms with Crippen molar-refractivity contribution >= 4 is 10.9 Å². The number of benzene rings is 1. The number of fused-ring (bicyclic) bond motifs is 1. The van der Waals surface area contributed by atoms with Crippen molar-refractivity contribution in [3.63, 3.8) is 0 Å². The second-order valence-electron chi connectivity index (χ2n) is 2.57. The highest BCUT2D eigenvalue weighted by Crippen LogP contribution is 2.11. The van der Waals surface area contributed by atoms with Crippen LogP contribution in [0.25, 0.3) is 10.9 Å². The number of rotatable bonds is 1. The Labute approximate surface area is 69.7 Å². The van der Waals surface area contributed by atoms with E-state index in [4.69, 9.17) is 5.11 Å². The van der Waals surface area contributed by atoms with E-state index in [0.29, 0.717) is 0 Å². The maximum absolute atomic E-state index is 8.85. The fourth-order valence-electron chi connectivity index (χ4n) is 1.12. The Kier molecular flexibility index (Phi) is 1.72. The number of hydrogen-bond donors (Lipinski definition) is 1. The van der Waals surface area contributed by atoms with E-state index in [2.05, 4.69) is 9.97 Å². The molecule has 0 fully saturated rings. The largest absolute Gasteiger partial charge is 0.392 e. The lowest BCUT2D eigenvalue weighted by Crippen LogP contribution is -1.85. The highest BCUT2D eigenvalue weighted by atomic mass is 16.3. The summed E-state index contributed by atoms with van der Waals surface area (Å²) >= 11 is 0. The molecule has 3 heteroatoms. The molecule has 0 atom stereocenters. The summed E-state index contributed by atoms with van der Waals surface area (Å²) in [5.41, 5.74) is 1.75. The molecule has 0 aliphatic carbocycles. The first kappa shape index (κ1) is 7.18. The topological polar surface area (TPSA) is 46.0 Å². The van der Waals surface area contributed by atoms with Crippen molar-refractivity contribution in [3.8, 4) is 0 Å². The Morgan fingerprint density at radius 2 is 2.25 bits per heavy atom. The molecule has 2 rings (SSSR count). The Morgan fingerprint density at radius 3 is 3.08 bits per heavy atom. The van der Waals surface area contributed by atoms with Gasteiger partial charge in [0.15, 0.2) is 0 Å². The minimum atomic E-state index is 0.0555. The molecule has 1 aromatic heterocycles. The van der Waals surface area contributed by atoms with Gasteiger partial charge in [-0.15, -0.1) is 0 Å². The SMILES string of the molecule is OCc1ccc2cncnc2c1. The molecule has 0 aliphatic heterocycles. The van der Waals surface area contributed by atoms with E-state index in [1.807, 2.05) is 18.2 Å². The molecule has 0 spiro atoms. The standard InChI is InChI=1S/C9H8N2O/c12-5-7-1-2-8-4-10-6-11-9(8)3-7/h1-4,6,12H,5H2. The summed E-state index contributed by atoms with van der Waals surface area (Å²) in [7, 11) is 0. The van der Waals surface area contributed by atoms with Crippen LogP contribution in [0.5, 0.6) is 0 Å². The summed E-state index contributed by atoms with van der Waals surface area (Å²) in [6, 6.07) is 5.63. The third-order valence-corrected chi connectivity index (χ3v) is 1.75. The van der Waals surface area contributed by atoms with Crippen LogP contribution in [-0.2, 0) is 6.61 Å². The molecular weight excluding hydrogens is 152 g/mol. The zero-order valence-corrected chi connectivity index (χ0v) is 6.44. The number of nitrogens with zero attached hydrogens (tertiary/aromatic N) is 2. The lowest BCUT2D eigenvalue weighted by molar-refractivity contribution is 0.282. The van der Waals surface area contributed by atoms with E-state index in [-0.39, 0.29) is 6.61 Å². The Bertz CT molecular complexity index is 400. The molecule has 0 saturated heterocycles. The smallest absolute Gasteiger partial charge is 0.116 e. The van der Waals surface area contributed by atoms with Crippen LogP contribution in [0.2, 0.25) is 0 Å². The zero-order valence-electron chi connectivity index (χ0n) is 6.44. The second-order valence-corrected chi connectivity index (χ2v) is 2.57. The predicted molar refractivity (Wildman–Crippen MR) is 45.5 cm³/mol. The molecule has 1 aromatic carbocycles.